The highest BCUT2D eigenvalue weighted by Gasteiger charge is 2.35. The van der Waals surface area contributed by atoms with Crippen LogP contribution in [0.4, 0.5) is 0 Å². The Labute approximate surface area is 139 Å². The van der Waals surface area contributed by atoms with Crippen LogP contribution in [0.3, 0.4) is 0 Å². The summed E-state index contributed by atoms with van der Waals surface area (Å²) in [7, 11) is 0. The predicted octanol–water partition coefficient (Wildman–Crippen LogP) is 5.16. The Bertz CT molecular complexity index is 514. The Morgan fingerprint density at radius 2 is 1.68 bits per heavy atom. The van der Waals surface area contributed by atoms with Crippen molar-refractivity contribution in [1.82, 2.24) is 0 Å². The Hall–Kier alpha value is -0.760. The number of carbonyl (C=O) groups excluding carboxylic acids is 1. The molecule has 2 unspecified atom stereocenters. The second-order valence-corrected chi connectivity index (χ2v) is 9.67. The fraction of sp³-hybridized carbons (Fsp3) is 0.650. The topological polar surface area (TPSA) is 17.1 Å². The number of rotatable bonds is 3. The highest BCUT2D eigenvalue weighted by Crippen LogP contribution is 2.44. The molecule has 1 nitrogen and oxygen atoms in total. The molecule has 0 N–H and O–H groups in total. The number of hydrogen-bond acceptors (Lipinski definition) is 2. The maximum Gasteiger partial charge on any atom is 0.140 e. The average Bonchev–Trinajstić information content (AvgIpc) is 2.46. The van der Waals surface area contributed by atoms with Crippen molar-refractivity contribution in [3.8, 4) is 0 Å². The van der Waals surface area contributed by atoms with Gasteiger partial charge in [-0.1, -0.05) is 51.5 Å². The summed E-state index contributed by atoms with van der Waals surface area (Å²) in [6.07, 6.45) is 6.90. The molecule has 0 saturated carbocycles. The molecular formula is C20H28OS. The number of hydrogen-bond donors (Lipinski definition) is 0. The fourth-order valence-corrected chi connectivity index (χ4v) is 5.63. The first kappa shape index (κ1) is 16.1. The van der Waals surface area contributed by atoms with E-state index in [4.69, 9.17) is 0 Å². The van der Waals surface area contributed by atoms with Crippen LogP contribution < -0.4 is 0 Å². The zero-order valence-electron chi connectivity index (χ0n) is 14.1. The molecule has 2 aliphatic heterocycles. The molecule has 1 aromatic carbocycles. The minimum atomic E-state index is 0.181. The summed E-state index contributed by atoms with van der Waals surface area (Å²) in [6.45, 7) is 6.68. The summed E-state index contributed by atoms with van der Waals surface area (Å²) >= 11 is 2.15. The van der Waals surface area contributed by atoms with Crippen molar-refractivity contribution in [2.75, 3.05) is 0 Å². The van der Waals surface area contributed by atoms with E-state index in [1.165, 1.54) is 30.4 Å². The molecule has 2 heterocycles. The molecule has 0 aromatic heterocycles. The van der Waals surface area contributed by atoms with Crippen molar-refractivity contribution in [2.45, 2.75) is 75.2 Å². The van der Waals surface area contributed by atoms with Crippen LogP contribution >= 0.6 is 11.8 Å². The Kier molecular flexibility index (Phi) is 4.68. The number of carbonyl (C=O) groups is 1. The molecule has 0 aliphatic carbocycles. The molecule has 120 valence electrons. The molecule has 0 radical (unpaired) electrons. The van der Waals surface area contributed by atoms with Gasteiger partial charge in [0.15, 0.2) is 0 Å². The summed E-state index contributed by atoms with van der Waals surface area (Å²) < 4.78 is 0. The molecule has 0 spiro atoms. The van der Waals surface area contributed by atoms with E-state index in [0.717, 1.165) is 23.3 Å². The van der Waals surface area contributed by atoms with Crippen molar-refractivity contribution in [1.29, 1.82) is 0 Å². The third-order valence-electron chi connectivity index (χ3n) is 5.19. The Balaban J connectivity index is 1.62. The molecule has 2 aliphatic rings. The van der Waals surface area contributed by atoms with Crippen molar-refractivity contribution < 1.29 is 4.79 Å². The van der Waals surface area contributed by atoms with Crippen LogP contribution in [0.1, 0.15) is 64.0 Å². The third kappa shape index (κ3) is 3.76. The van der Waals surface area contributed by atoms with Gasteiger partial charge < -0.3 is 0 Å². The van der Waals surface area contributed by atoms with Crippen LogP contribution in [-0.4, -0.2) is 16.3 Å². The normalized spacial score (nSPS) is 28.4. The second-order valence-electron chi connectivity index (χ2n) is 8.07. The first-order chi connectivity index (χ1) is 10.4. The Morgan fingerprint density at radius 3 is 2.23 bits per heavy atom. The van der Waals surface area contributed by atoms with Crippen LogP contribution in [0.5, 0.6) is 0 Å². The number of thioether (sulfide) groups is 1. The van der Waals surface area contributed by atoms with Gasteiger partial charge in [-0.2, -0.15) is 11.8 Å². The van der Waals surface area contributed by atoms with Crippen molar-refractivity contribution >= 4 is 17.5 Å². The lowest BCUT2D eigenvalue weighted by atomic mass is 9.83. The van der Waals surface area contributed by atoms with Gasteiger partial charge in [-0.25, -0.2) is 0 Å². The highest BCUT2D eigenvalue weighted by molar-refractivity contribution is 8.00. The van der Waals surface area contributed by atoms with E-state index in [-0.39, 0.29) is 5.41 Å². The first-order valence-corrected chi connectivity index (χ1v) is 9.63. The second kappa shape index (κ2) is 6.39. The minimum absolute atomic E-state index is 0.181. The van der Waals surface area contributed by atoms with E-state index < -0.39 is 0 Å². The quantitative estimate of drug-likeness (QED) is 0.766. The first-order valence-electron chi connectivity index (χ1n) is 8.69. The summed E-state index contributed by atoms with van der Waals surface area (Å²) in [5.74, 6) is 0.791. The predicted molar refractivity (Wildman–Crippen MR) is 95.6 cm³/mol. The average molecular weight is 317 g/mol. The van der Waals surface area contributed by atoms with E-state index >= 15 is 0 Å². The van der Waals surface area contributed by atoms with Gasteiger partial charge in [0.25, 0.3) is 0 Å². The molecule has 2 heteroatoms. The molecular weight excluding hydrogens is 288 g/mol. The van der Waals surface area contributed by atoms with E-state index in [1.54, 1.807) is 0 Å². The van der Waals surface area contributed by atoms with E-state index in [2.05, 4.69) is 56.8 Å². The lowest BCUT2D eigenvalue weighted by Crippen LogP contribution is -2.33. The molecule has 2 atom stereocenters. The van der Waals surface area contributed by atoms with Gasteiger partial charge in [-0.15, -0.1) is 0 Å². The monoisotopic (exact) mass is 316 g/mol. The maximum atomic E-state index is 12.7. The summed E-state index contributed by atoms with van der Waals surface area (Å²) in [4.78, 5) is 12.7. The zero-order valence-corrected chi connectivity index (χ0v) is 14.9. The minimum Gasteiger partial charge on any atom is -0.299 e. The molecule has 3 rings (SSSR count). The number of Topliss-reactive ketones (excluding diaryl/α,β-unsaturated/α-hetero) is 1. The lowest BCUT2D eigenvalue weighted by molar-refractivity contribution is -0.122. The SMILES string of the molecule is CC(C)(C)c1ccc(CC(=O)C2CC3CCCC(C2)S3)cc1. The lowest BCUT2D eigenvalue weighted by Gasteiger charge is -2.38. The number of ketones is 1. The molecule has 2 bridgehead atoms. The van der Waals surface area contributed by atoms with Crippen molar-refractivity contribution in [3.63, 3.8) is 0 Å². The Morgan fingerprint density at radius 1 is 1.09 bits per heavy atom. The van der Waals surface area contributed by atoms with Gasteiger partial charge in [0.1, 0.15) is 5.78 Å². The molecule has 2 fully saturated rings. The summed E-state index contributed by atoms with van der Waals surface area (Å²) in [6, 6.07) is 8.68. The molecule has 22 heavy (non-hydrogen) atoms. The third-order valence-corrected chi connectivity index (χ3v) is 6.81. The van der Waals surface area contributed by atoms with Gasteiger partial charge in [0.05, 0.1) is 0 Å². The highest BCUT2D eigenvalue weighted by atomic mass is 32.2. The van der Waals surface area contributed by atoms with Gasteiger partial charge >= 0.3 is 0 Å². The summed E-state index contributed by atoms with van der Waals surface area (Å²) in [5, 5.41) is 1.51. The largest absolute Gasteiger partial charge is 0.299 e. The number of benzene rings is 1. The van der Waals surface area contributed by atoms with Gasteiger partial charge in [-0.05, 0) is 42.2 Å². The van der Waals surface area contributed by atoms with Crippen LogP contribution in [-0.2, 0) is 16.6 Å². The van der Waals surface area contributed by atoms with Crippen LogP contribution in [0.15, 0.2) is 24.3 Å². The smallest absolute Gasteiger partial charge is 0.140 e. The van der Waals surface area contributed by atoms with E-state index in [1.807, 2.05) is 0 Å². The van der Waals surface area contributed by atoms with Gasteiger partial charge in [0.2, 0.25) is 0 Å². The van der Waals surface area contributed by atoms with Crippen LogP contribution in [0.2, 0.25) is 0 Å². The number of fused-ring (bicyclic) bond motifs is 2. The molecule has 2 saturated heterocycles. The fourth-order valence-electron chi connectivity index (χ4n) is 3.79. The van der Waals surface area contributed by atoms with Crippen molar-refractivity contribution in [3.05, 3.63) is 35.4 Å². The van der Waals surface area contributed by atoms with Crippen molar-refractivity contribution in [2.24, 2.45) is 5.92 Å². The van der Waals surface area contributed by atoms with Gasteiger partial charge in [0, 0.05) is 22.8 Å². The zero-order chi connectivity index (χ0) is 15.7. The van der Waals surface area contributed by atoms with Gasteiger partial charge in [-0.3, -0.25) is 4.79 Å². The van der Waals surface area contributed by atoms with E-state index in [9.17, 15) is 4.79 Å². The van der Waals surface area contributed by atoms with Crippen LogP contribution in [0, 0.1) is 5.92 Å². The molecule has 0 amide bonds. The maximum absolute atomic E-state index is 12.7. The standard InChI is InChI=1S/C20H28OS/c1-20(2,3)16-9-7-14(8-10-16)11-19(21)15-12-17-5-4-6-18(13-15)22-17/h7-10,15,17-18H,4-6,11-13H2,1-3H3. The summed E-state index contributed by atoms with van der Waals surface area (Å²) in [5.41, 5.74) is 2.70. The molecule has 1 aromatic rings. The van der Waals surface area contributed by atoms with E-state index in [0.29, 0.717) is 18.1 Å². The van der Waals surface area contributed by atoms with Crippen LogP contribution in [0.25, 0.3) is 0 Å².